The van der Waals surface area contributed by atoms with Gasteiger partial charge in [0.15, 0.2) is 11.5 Å². The van der Waals surface area contributed by atoms with E-state index in [1.54, 1.807) is 7.11 Å². The zero-order chi connectivity index (χ0) is 11.2. The molecule has 0 amide bonds. The van der Waals surface area contributed by atoms with Crippen LogP contribution in [0.3, 0.4) is 0 Å². The maximum Gasteiger partial charge on any atom is 0.161 e. The van der Waals surface area contributed by atoms with E-state index in [-0.39, 0.29) is 0 Å². The molecule has 0 saturated carbocycles. The Morgan fingerprint density at radius 1 is 1.38 bits per heavy atom. The number of rotatable bonds is 4. The van der Waals surface area contributed by atoms with Gasteiger partial charge in [0, 0.05) is 18.1 Å². The minimum atomic E-state index is 0.448. The van der Waals surface area contributed by atoms with E-state index in [9.17, 15) is 0 Å². The second-order valence-corrected chi connectivity index (χ2v) is 4.84. The van der Waals surface area contributed by atoms with Crippen LogP contribution >= 0.6 is 11.8 Å². The normalized spacial score (nSPS) is 20.4. The summed E-state index contributed by atoms with van der Waals surface area (Å²) >= 11 is 1.97. The molecule has 1 unspecified atom stereocenters. The van der Waals surface area contributed by atoms with E-state index in [4.69, 9.17) is 9.47 Å². The first-order valence-corrected chi connectivity index (χ1v) is 6.62. The number of nitrogens with one attached hydrogen (secondary N) is 1. The summed E-state index contributed by atoms with van der Waals surface area (Å²) < 4.78 is 11.0. The molecular formula is C12H17NO2S. The average Bonchev–Trinajstić information content (AvgIpc) is 2.38. The fraction of sp³-hybridized carbons (Fsp3) is 0.500. The summed E-state index contributed by atoms with van der Waals surface area (Å²) in [4.78, 5) is 0. The van der Waals surface area contributed by atoms with Crippen LogP contribution in [0.1, 0.15) is 0 Å². The molecule has 1 aromatic rings. The van der Waals surface area contributed by atoms with E-state index in [1.807, 2.05) is 36.0 Å². The summed E-state index contributed by atoms with van der Waals surface area (Å²) in [6.07, 6.45) is 0. The Labute approximate surface area is 101 Å². The fourth-order valence-corrected chi connectivity index (χ4v) is 2.58. The Bertz CT molecular complexity index is 327. The topological polar surface area (TPSA) is 30.5 Å². The lowest BCUT2D eigenvalue weighted by molar-refractivity contribution is 0.261. The van der Waals surface area contributed by atoms with Crippen molar-refractivity contribution in [1.29, 1.82) is 0 Å². The number of hydrogen-bond acceptors (Lipinski definition) is 4. The Morgan fingerprint density at radius 3 is 2.88 bits per heavy atom. The third-order valence-corrected chi connectivity index (χ3v) is 3.64. The Balaban J connectivity index is 1.88. The highest BCUT2D eigenvalue weighted by Gasteiger charge is 2.14. The van der Waals surface area contributed by atoms with Crippen LogP contribution in [0.2, 0.25) is 0 Å². The van der Waals surface area contributed by atoms with Gasteiger partial charge in [0.2, 0.25) is 0 Å². The molecule has 1 aliphatic heterocycles. The molecule has 0 spiro atoms. The van der Waals surface area contributed by atoms with Crippen LogP contribution in [-0.4, -0.2) is 37.8 Å². The van der Waals surface area contributed by atoms with E-state index in [1.165, 1.54) is 5.75 Å². The van der Waals surface area contributed by atoms with E-state index in [0.717, 1.165) is 23.8 Å². The zero-order valence-electron chi connectivity index (χ0n) is 9.44. The number of para-hydroxylation sites is 2. The number of methoxy groups -OCH3 is 1. The van der Waals surface area contributed by atoms with Gasteiger partial charge in [-0.15, -0.1) is 0 Å². The minimum Gasteiger partial charge on any atom is -0.493 e. The highest BCUT2D eigenvalue weighted by Crippen LogP contribution is 2.26. The molecule has 1 atom stereocenters. The molecule has 1 N–H and O–H groups in total. The van der Waals surface area contributed by atoms with Crippen LogP contribution in [0.15, 0.2) is 24.3 Å². The Hall–Kier alpha value is -0.870. The lowest BCUT2D eigenvalue weighted by Gasteiger charge is -2.23. The SMILES string of the molecule is COc1ccccc1OCC1CSCCN1. The summed E-state index contributed by atoms with van der Waals surface area (Å²) in [5, 5.41) is 3.44. The lowest BCUT2D eigenvalue weighted by Crippen LogP contribution is -2.41. The molecule has 1 saturated heterocycles. The van der Waals surface area contributed by atoms with E-state index >= 15 is 0 Å². The van der Waals surface area contributed by atoms with Crippen LogP contribution in [0.25, 0.3) is 0 Å². The molecule has 4 heteroatoms. The minimum absolute atomic E-state index is 0.448. The van der Waals surface area contributed by atoms with Crippen molar-refractivity contribution < 1.29 is 9.47 Å². The molecule has 1 aromatic carbocycles. The monoisotopic (exact) mass is 239 g/mol. The van der Waals surface area contributed by atoms with Crippen molar-refractivity contribution in [1.82, 2.24) is 5.32 Å². The number of hydrogen-bond donors (Lipinski definition) is 1. The third-order valence-electron chi connectivity index (χ3n) is 2.51. The molecule has 88 valence electrons. The number of thioether (sulfide) groups is 1. The second-order valence-electron chi connectivity index (χ2n) is 3.69. The predicted octanol–water partition coefficient (Wildman–Crippen LogP) is 1.78. The molecule has 1 fully saturated rings. The van der Waals surface area contributed by atoms with Crippen molar-refractivity contribution in [3.05, 3.63) is 24.3 Å². The maximum atomic E-state index is 5.77. The Kier molecular flexibility index (Phi) is 4.36. The van der Waals surface area contributed by atoms with Gasteiger partial charge in [-0.1, -0.05) is 12.1 Å². The van der Waals surface area contributed by atoms with Gasteiger partial charge < -0.3 is 14.8 Å². The molecule has 0 aliphatic carbocycles. The molecule has 0 bridgehead atoms. The van der Waals surface area contributed by atoms with Crippen LogP contribution in [0.4, 0.5) is 0 Å². The third kappa shape index (κ3) is 3.06. The lowest BCUT2D eigenvalue weighted by atomic mass is 10.3. The van der Waals surface area contributed by atoms with E-state index in [2.05, 4.69) is 5.32 Å². The molecule has 1 aliphatic rings. The van der Waals surface area contributed by atoms with Crippen molar-refractivity contribution in [2.45, 2.75) is 6.04 Å². The van der Waals surface area contributed by atoms with E-state index in [0.29, 0.717) is 12.6 Å². The zero-order valence-corrected chi connectivity index (χ0v) is 10.3. The summed E-state index contributed by atoms with van der Waals surface area (Å²) in [6.45, 7) is 1.78. The standard InChI is InChI=1S/C12H17NO2S/c1-14-11-4-2-3-5-12(11)15-8-10-9-16-7-6-13-10/h2-5,10,13H,6-9H2,1H3. The summed E-state index contributed by atoms with van der Waals surface area (Å²) in [5.41, 5.74) is 0. The molecule has 16 heavy (non-hydrogen) atoms. The largest absolute Gasteiger partial charge is 0.493 e. The molecular weight excluding hydrogens is 222 g/mol. The summed E-state index contributed by atoms with van der Waals surface area (Å²) in [5.74, 6) is 3.94. The number of benzene rings is 1. The molecule has 0 radical (unpaired) electrons. The summed E-state index contributed by atoms with van der Waals surface area (Å²) in [6, 6.07) is 8.21. The first kappa shape index (κ1) is 11.6. The van der Waals surface area contributed by atoms with Crippen molar-refractivity contribution in [2.24, 2.45) is 0 Å². The second kappa shape index (κ2) is 6.01. The first-order chi connectivity index (χ1) is 7.90. The van der Waals surface area contributed by atoms with Gasteiger partial charge in [0.1, 0.15) is 6.61 Å². The fourth-order valence-electron chi connectivity index (χ4n) is 1.66. The van der Waals surface area contributed by atoms with Crippen molar-refractivity contribution >= 4 is 11.8 Å². The van der Waals surface area contributed by atoms with Crippen molar-refractivity contribution in [2.75, 3.05) is 31.8 Å². The van der Waals surface area contributed by atoms with Crippen molar-refractivity contribution in [3.8, 4) is 11.5 Å². The Morgan fingerprint density at radius 2 is 2.19 bits per heavy atom. The van der Waals surface area contributed by atoms with Gasteiger partial charge in [0.25, 0.3) is 0 Å². The highest BCUT2D eigenvalue weighted by molar-refractivity contribution is 7.99. The molecule has 2 rings (SSSR count). The first-order valence-electron chi connectivity index (χ1n) is 5.47. The smallest absolute Gasteiger partial charge is 0.161 e. The van der Waals surface area contributed by atoms with Gasteiger partial charge in [-0.3, -0.25) is 0 Å². The van der Waals surface area contributed by atoms with Gasteiger partial charge in [-0.05, 0) is 12.1 Å². The summed E-state index contributed by atoms with van der Waals surface area (Å²) in [7, 11) is 1.66. The molecule has 3 nitrogen and oxygen atoms in total. The highest BCUT2D eigenvalue weighted by atomic mass is 32.2. The van der Waals surface area contributed by atoms with E-state index < -0.39 is 0 Å². The van der Waals surface area contributed by atoms with Crippen LogP contribution in [0, 0.1) is 0 Å². The predicted molar refractivity (Wildman–Crippen MR) is 67.6 cm³/mol. The quantitative estimate of drug-likeness (QED) is 0.867. The van der Waals surface area contributed by atoms with Crippen LogP contribution < -0.4 is 14.8 Å². The van der Waals surface area contributed by atoms with Gasteiger partial charge in [-0.2, -0.15) is 11.8 Å². The van der Waals surface area contributed by atoms with Crippen LogP contribution in [0.5, 0.6) is 11.5 Å². The maximum absolute atomic E-state index is 5.77. The average molecular weight is 239 g/mol. The number of ether oxygens (including phenoxy) is 2. The van der Waals surface area contributed by atoms with Gasteiger partial charge >= 0.3 is 0 Å². The van der Waals surface area contributed by atoms with Crippen LogP contribution in [-0.2, 0) is 0 Å². The van der Waals surface area contributed by atoms with Crippen molar-refractivity contribution in [3.63, 3.8) is 0 Å². The van der Waals surface area contributed by atoms with Gasteiger partial charge in [-0.25, -0.2) is 0 Å². The van der Waals surface area contributed by atoms with Gasteiger partial charge in [0.05, 0.1) is 13.2 Å². The molecule has 0 aromatic heterocycles. The molecule has 1 heterocycles.